The number of para-hydroxylation sites is 1. The number of hydrogen-bond donors (Lipinski definition) is 1. The summed E-state index contributed by atoms with van der Waals surface area (Å²) in [6.45, 7) is 1.42. The van der Waals surface area contributed by atoms with Gasteiger partial charge in [0, 0.05) is 25.2 Å². The van der Waals surface area contributed by atoms with Gasteiger partial charge < -0.3 is 14.2 Å². The first-order valence-corrected chi connectivity index (χ1v) is 11.3. The molecule has 1 amide bonds. The van der Waals surface area contributed by atoms with E-state index < -0.39 is 10.0 Å². The minimum atomic E-state index is -3.82. The number of aromatic nitrogens is 1. The molecule has 1 aromatic heterocycles. The Bertz CT molecular complexity index is 1170. The van der Waals surface area contributed by atoms with Crippen LogP contribution in [0.15, 0.2) is 51.9 Å². The van der Waals surface area contributed by atoms with E-state index in [0.717, 1.165) is 24.8 Å². The standard InChI is InChI=1S/C21H23N3O5S/c1-28-18-8-4-3-7-15(18)14-22-30(26,27)16-9-10-19-17(13-16)20(23-29-19)21(25)24-11-5-2-6-12-24/h3-4,7-10,13,22H,2,5-6,11-12,14H2,1H3. The van der Waals surface area contributed by atoms with Crippen molar-refractivity contribution >= 4 is 26.9 Å². The zero-order valence-electron chi connectivity index (χ0n) is 16.6. The van der Waals surface area contributed by atoms with Crippen LogP contribution < -0.4 is 9.46 Å². The minimum absolute atomic E-state index is 0.0424. The van der Waals surface area contributed by atoms with E-state index >= 15 is 0 Å². The van der Waals surface area contributed by atoms with Crippen LogP contribution in [0, 0.1) is 0 Å². The molecule has 158 valence electrons. The average molecular weight is 429 g/mol. The molecule has 0 radical (unpaired) electrons. The van der Waals surface area contributed by atoms with Crippen LogP contribution in [0.4, 0.5) is 0 Å². The Hall–Kier alpha value is -2.91. The lowest BCUT2D eigenvalue weighted by atomic mass is 10.1. The molecule has 0 saturated carbocycles. The van der Waals surface area contributed by atoms with Gasteiger partial charge in [-0.1, -0.05) is 23.4 Å². The normalized spacial score (nSPS) is 14.8. The highest BCUT2D eigenvalue weighted by molar-refractivity contribution is 7.89. The fraction of sp³-hybridized carbons (Fsp3) is 0.333. The van der Waals surface area contributed by atoms with Gasteiger partial charge in [0.2, 0.25) is 10.0 Å². The molecule has 4 rings (SSSR count). The van der Waals surface area contributed by atoms with E-state index in [0.29, 0.717) is 29.8 Å². The Morgan fingerprint density at radius 2 is 1.93 bits per heavy atom. The van der Waals surface area contributed by atoms with Gasteiger partial charge in [-0.3, -0.25) is 4.79 Å². The Labute approximate surface area is 174 Å². The molecule has 1 fully saturated rings. The summed E-state index contributed by atoms with van der Waals surface area (Å²) in [5.41, 5.74) is 1.24. The number of methoxy groups -OCH3 is 1. The van der Waals surface area contributed by atoms with Gasteiger partial charge in [0.15, 0.2) is 11.3 Å². The molecule has 1 aliphatic rings. The molecule has 8 nitrogen and oxygen atoms in total. The SMILES string of the molecule is COc1ccccc1CNS(=O)(=O)c1ccc2onc(C(=O)N3CCCCC3)c2c1. The van der Waals surface area contributed by atoms with Crippen LogP contribution in [0.25, 0.3) is 11.0 Å². The number of benzene rings is 2. The molecule has 1 aliphatic heterocycles. The molecule has 1 saturated heterocycles. The van der Waals surface area contributed by atoms with Gasteiger partial charge in [0.05, 0.1) is 17.4 Å². The average Bonchev–Trinajstić information content (AvgIpc) is 3.21. The molecule has 2 aromatic carbocycles. The maximum atomic E-state index is 12.9. The molecular formula is C21H23N3O5S. The highest BCUT2D eigenvalue weighted by Gasteiger charge is 2.25. The molecule has 30 heavy (non-hydrogen) atoms. The number of rotatable bonds is 6. The van der Waals surface area contributed by atoms with E-state index in [2.05, 4.69) is 9.88 Å². The fourth-order valence-corrected chi connectivity index (χ4v) is 4.62. The van der Waals surface area contributed by atoms with Crippen LogP contribution in [0.2, 0.25) is 0 Å². The summed E-state index contributed by atoms with van der Waals surface area (Å²) in [5, 5.41) is 4.31. The topological polar surface area (TPSA) is 102 Å². The Kier molecular flexibility index (Phi) is 5.74. The van der Waals surface area contributed by atoms with Crippen molar-refractivity contribution in [1.29, 1.82) is 0 Å². The second kappa shape index (κ2) is 8.45. The number of piperidine rings is 1. The van der Waals surface area contributed by atoms with Crippen LogP contribution in [-0.2, 0) is 16.6 Å². The van der Waals surface area contributed by atoms with Gasteiger partial charge in [-0.2, -0.15) is 0 Å². The lowest BCUT2D eigenvalue weighted by molar-refractivity contribution is 0.0716. The highest BCUT2D eigenvalue weighted by atomic mass is 32.2. The summed E-state index contributed by atoms with van der Waals surface area (Å²) in [5.74, 6) is 0.370. The third-order valence-electron chi connectivity index (χ3n) is 5.24. The third kappa shape index (κ3) is 4.03. The number of nitrogens with zero attached hydrogens (tertiary/aromatic N) is 2. The second-order valence-electron chi connectivity index (χ2n) is 7.18. The highest BCUT2D eigenvalue weighted by Crippen LogP contribution is 2.25. The van der Waals surface area contributed by atoms with Crippen LogP contribution in [-0.4, -0.2) is 44.6 Å². The molecule has 0 aliphatic carbocycles. The van der Waals surface area contributed by atoms with Crippen molar-refractivity contribution in [3.05, 3.63) is 53.7 Å². The van der Waals surface area contributed by atoms with Crippen LogP contribution in [0.1, 0.15) is 35.3 Å². The van der Waals surface area contributed by atoms with Gasteiger partial charge in [-0.05, 0) is 43.5 Å². The van der Waals surface area contributed by atoms with Crippen molar-refractivity contribution in [1.82, 2.24) is 14.8 Å². The zero-order valence-corrected chi connectivity index (χ0v) is 17.4. The van der Waals surface area contributed by atoms with Crippen LogP contribution in [0.5, 0.6) is 5.75 Å². The van der Waals surface area contributed by atoms with E-state index in [1.54, 1.807) is 17.0 Å². The van der Waals surface area contributed by atoms with Crippen LogP contribution in [0.3, 0.4) is 0 Å². The minimum Gasteiger partial charge on any atom is -0.496 e. The van der Waals surface area contributed by atoms with Gasteiger partial charge in [0.25, 0.3) is 5.91 Å². The van der Waals surface area contributed by atoms with Crippen molar-refractivity contribution in [2.24, 2.45) is 0 Å². The molecule has 0 spiro atoms. The first kappa shape index (κ1) is 20.4. The Balaban J connectivity index is 1.59. The molecule has 2 heterocycles. The maximum absolute atomic E-state index is 12.9. The Morgan fingerprint density at radius 1 is 1.17 bits per heavy atom. The molecule has 3 aromatic rings. The van der Waals surface area contributed by atoms with Gasteiger partial charge in [-0.15, -0.1) is 0 Å². The van der Waals surface area contributed by atoms with Crippen molar-refractivity contribution in [3.63, 3.8) is 0 Å². The molecule has 0 atom stereocenters. The largest absolute Gasteiger partial charge is 0.496 e. The number of carbonyl (C=O) groups is 1. The van der Waals surface area contributed by atoms with E-state index in [1.807, 2.05) is 12.1 Å². The smallest absolute Gasteiger partial charge is 0.276 e. The second-order valence-corrected chi connectivity index (χ2v) is 8.95. The number of ether oxygens (including phenoxy) is 1. The number of sulfonamides is 1. The lowest BCUT2D eigenvalue weighted by Gasteiger charge is -2.25. The predicted molar refractivity (Wildman–Crippen MR) is 111 cm³/mol. The van der Waals surface area contributed by atoms with Crippen molar-refractivity contribution in [2.75, 3.05) is 20.2 Å². The van der Waals surface area contributed by atoms with Crippen molar-refractivity contribution in [3.8, 4) is 5.75 Å². The summed E-state index contributed by atoms with van der Waals surface area (Å²) in [6.07, 6.45) is 3.01. The van der Waals surface area contributed by atoms with E-state index in [1.165, 1.54) is 25.3 Å². The molecule has 0 unspecified atom stereocenters. The van der Waals surface area contributed by atoms with E-state index in [4.69, 9.17) is 9.26 Å². The third-order valence-corrected chi connectivity index (χ3v) is 6.64. The molecule has 1 N–H and O–H groups in total. The van der Waals surface area contributed by atoms with Crippen molar-refractivity contribution < 1.29 is 22.5 Å². The number of likely N-dealkylation sites (tertiary alicyclic amines) is 1. The first-order valence-electron chi connectivity index (χ1n) is 9.80. The molecule has 9 heteroatoms. The van der Waals surface area contributed by atoms with Gasteiger partial charge in [-0.25, -0.2) is 13.1 Å². The van der Waals surface area contributed by atoms with Gasteiger partial charge >= 0.3 is 0 Å². The fourth-order valence-electron chi connectivity index (χ4n) is 3.59. The number of hydrogen-bond acceptors (Lipinski definition) is 6. The maximum Gasteiger partial charge on any atom is 0.276 e. The number of fused-ring (bicyclic) bond motifs is 1. The quantitative estimate of drug-likeness (QED) is 0.646. The van der Waals surface area contributed by atoms with Crippen LogP contribution >= 0.6 is 0 Å². The van der Waals surface area contributed by atoms with E-state index in [-0.39, 0.29) is 23.0 Å². The summed E-state index contributed by atoms with van der Waals surface area (Å²) in [4.78, 5) is 14.6. The van der Waals surface area contributed by atoms with Gasteiger partial charge in [0.1, 0.15) is 5.75 Å². The van der Waals surface area contributed by atoms with E-state index in [9.17, 15) is 13.2 Å². The number of amides is 1. The number of nitrogens with one attached hydrogen (secondary N) is 1. The summed E-state index contributed by atoms with van der Waals surface area (Å²) in [7, 11) is -2.28. The Morgan fingerprint density at radius 3 is 2.70 bits per heavy atom. The summed E-state index contributed by atoms with van der Waals surface area (Å²) < 4.78 is 38.8. The summed E-state index contributed by atoms with van der Waals surface area (Å²) >= 11 is 0. The summed E-state index contributed by atoms with van der Waals surface area (Å²) in [6, 6.07) is 11.6. The predicted octanol–water partition coefficient (Wildman–Crippen LogP) is 2.94. The number of carbonyl (C=O) groups excluding carboxylic acids is 1. The first-order chi connectivity index (χ1) is 14.5. The molecular weight excluding hydrogens is 406 g/mol. The zero-order chi connectivity index (χ0) is 21.1. The molecule has 0 bridgehead atoms. The lowest BCUT2D eigenvalue weighted by Crippen LogP contribution is -2.35. The van der Waals surface area contributed by atoms with Crippen molar-refractivity contribution in [2.45, 2.75) is 30.7 Å². The monoisotopic (exact) mass is 429 g/mol.